The lowest BCUT2D eigenvalue weighted by Gasteiger charge is -2.38. The molecule has 2 atom stereocenters. The highest BCUT2D eigenvalue weighted by molar-refractivity contribution is 5.55. The van der Waals surface area contributed by atoms with E-state index in [0.717, 1.165) is 5.69 Å². The van der Waals surface area contributed by atoms with E-state index >= 15 is 0 Å². The quantitative estimate of drug-likeness (QED) is 0.871. The van der Waals surface area contributed by atoms with Crippen molar-refractivity contribution < 1.29 is 14.2 Å². The molecule has 0 aliphatic carbocycles. The molecule has 1 fully saturated rings. The van der Waals surface area contributed by atoms with E-state index in [1.807, 2.05) is 26.8 Å². The summed E-state index contributed by atoms with van der Waals surface area (Å²) >= 11 is 0. The van der Waals surface area contributed by atoms with Crippen LogP contribution in [0.3, 0.4) is 0 Å². The summed E-state index contributed by atoms with van der Waals surface area (Å²) in [5.74, 6) is -0.194. The Hall–Kier alpha value is -1.17. The zero-order chi connectivity index (χ0) is 15.4. The lowest BCUT2D eigenvalue weighted by molar-refractivity contribution is -0.0421. The van der Waals surface area contributed by atoms with Crippen molar-refractivity contribution in [3.05, 3.63) is 29.6 Å². The number of rotatable bonds is 5. The number of anilines is 1. The highest BCUT2D eigenvalue weighted by Gasteiger charge is 2.26. The molecular weight excluding hydrogens is 271 g/mol. The van der Waals surface area contributed by atoms with Gasteiger partial charge < -0.3 is 20.1 Å². The van der Waals surface area contributed by atoms with E-state index in [9.17, 15) is 9.50 Å². The van der Waals surface area contributed by atoms with Gasteiger partial charge in [0.05, 0.1) is 18.8 Å². The number of ether oxygens (including phenoxy) is 1. The average molecular weight is 296 g/mol. The van der Waals surface area contributed by atoms with Crippen molar-refractivity contribution in [3.8, 4) is 0 Å². The Labute approximate surface area is 125 Å². The smallest absolute Gasteiger partial charge is 0.129 e. The van der Waals surface area contributed by atoms with E-state index in [0.29, 0.717) is 31.2 Å². The monoisotopic (exact) mass is 296 g/mol. The Kier molecular flexibility index (Phi) is 5.56. The van der Waals surface area contributed by atoms with Crippen LogP contribution in [0.5, 0.6) is 0 Å². The Balaban J connectivity index is 2.23. The maximum absolute atomic E-state index is 14.2. The number of morpholine rings is 1. The SMILES string of the molecule is CC(C)NCc1c(F)cccc1N1CC(C)OC(CO)C1. The molecule has 1 heterocycles. The van der Waals surface area contributed by atoms with Crippen LogP contribution in [0.25, 0.3) is 0 Å². The van der Waals surface area contributed by atoms with Gasteiger partial charge in [0.25, 0.3) is 0 Å². The minimum Gasteiger partial charge on any atom is -0.394 e. The molecule has 118 valence electrons. The van der Waals surface area contributed by atoms with Gasteiger partial charge in [-0.25, -0.2) is 4.39 Å². The molecule has 1 aromatic rings. The molecule has 5 heteroatoms. The molecule has 4 nitrogen and oxygen atoms in total. The fourth-order valence-electron chi connectivity index (χ4n) is 2.67. The van der Waals surface area contributed by atoms with Crippen LogP contribution in [0, 0.1) is 5.82 Å². The topological polar surface area (TPSA) is 44.7 Å². The van der Waals surface area contributed by atoms with Crippen molar-refractivity contribution in [1.82, 2.24) is 5.32 Å². The van der Waals surface area contributed by atoms with Gasteiger partial charge in [0.1, 0.15) is 5.82 Å². The Bertz CT molecular complexity index is 468. The van der Waals surface area contributed by atoms with Gasteiger partial charge in [-0.3, -0.25) is 0 Å². The Morgan fingerprint density at radius 1 is 1.43 bits per heavy atom. The zero-order valence-electron chi connectivity index (χ0n) is 13.0. The van der Waals surface area contributed by atoms with E-state index in [-0.39, 0.29) is 24.6 Å². The summed E-state index contributed by atoms with van der Waals surface area (Å²) in [5.41, 5.74) is 1.56. The van der Waals surface area contributed by atoms with Crippen molar-refractivity contribution >= 4 is 5.69 Å². The molecule has 1 saturated heterocycles. The minimum absolute atomic E-state index is 0.0181. The van der Waals surface area contributed by atoms with Gasteiger partial charge in [0.2, 0.25) is 0 Å². The summed E-state index contributed by atoms with van der Waals surface area (Å²) in [6.45, 7) is 7.82. The molecular formula is C16H25FN2O2. The average Bonchev–Trinajstić information content (AvgIpc) is 2.44. The van der Waals surface area contributed by atoms with E-state index in [1.54, 1.807) is 6.07 Å². The van der Waals surface area contributed by atoms with E-state index in [1.165, 1.54) is 6.07 Å². The zero-order valence-corrected chi connectivity index (χ0v) is 13.0. The molecule has 0 amide bonds. The third-order valence-electron chi connectivity index (χ3n) is 3.65. The van der Waals surface area contributed by atoms with Gasteiger partial charge in [-0.05, 0) is 19.1 Å². The third-order valence-corrected chi connectivity index (χ3v) is 3.65. The molecule has 1 aromatic carbocycles. The summed E-state index contributed by atoms with van der Waals surface area (Å²) < 4.78 is 19.8. The molecule has 2 unspecified atom stereocenters. The lowest BCUT2D eigenvalue weighted by atomic mass is 10.1. The molecule has 2 N–H and O–H groups in total. The predicted octanol–water partition coefficient (Wildman–Crippen LogP) is 1.91. The molecule has 1 aliphatic heterocycles. The summed E-state index contributed by atoms with van der Waals surface area (Å²) in [6.07, 6.45) is -0.201. The highest BCUT2D eigenvalue weighted by atomic mass is 19.1. The number of hydrogen-bond donors (Lipinski definition) is 2. The number of aliphatic hydroxyl groups is 1. The molecule has 21 heavy (non-hydrogen) atoms. The van der Waals surface area contributed by atoms with Crippen LogP contribution in [-0.4, -0.2) is 43.1 Å². The number of benzene rings is 1. The first-order valence-electron chi connectivity index (χ1n) is 7.53. The molecule has 0 saturated carbocycles. The van der Waals surface area contributed by atoms with Crippen molar-refractivity contribution in [2.75, 3.05) is 24.6 Å². The van der Waals surface area contributed by atoms with Crippen LogP contribution in [0.1, 0.15) is 26.3 Å². The summed E-state index contributed by atoms with van der Waals surface area (Å²) in [6, 6.07) is 5.46. The van der Waals surface area contributed by atoms with Crippen LogP contribution in [-0.2, 0) is 11.3 Å². The first-order valence-corrected chi connectivity index (χ1v) is 7.53. The molecule has 0 bridgehead atoms. The normalized spacial score (nSPS) is 22.9. The second-order valence-corrected chi connectivity index (χ2v) is 5.93. The van der Waals surface area contributed by atoms with Crippen LogP contribution >= 0.6 is 0 Å². The van der Waals surface area contributed by atoms with E-state index < -0.39 is 0 Å². The number of hydrogen-bond acceptors (Lipinski definition) is 4. The fraction of sp³-hybridized carbons (Fsp3) is 0.625. The summed E-state index contributed by atoms with van der Waals surface area (Å²) in [4.78, 5) is 2.11. The maximum Gasteiger partial charge on any atom is 0.129 e. The van der Waals surface area contributed by atoms with Gasteiger partial charge in [-0.15, -0.1) is 0 Å². The van der Waals surface area contributed by atoms with Gasteiger partial charge in [-0.2, -0.15) is 0 Å². The van der Waals surface area contributed by atoms with Gasteiger partial charge in [0.15, 0.2) is 0 Å². The number of nitrogens with zero attached hydrogens (tertiary/aromatic N) is 1. The Morgan fingerprint density at radius 3 is 2.86 bits per heavy atom. The second-order valence-electron chi connectivity index (χ2n) is 5.93. The fourth-order valence-corrected chi connectivity index (χ4v) is 2.67. The predicted molar refractivity (Wildman–Crippen MR) is 82.0 cm³/mol. The standard InChI is InChI=1S/C16H25FN2O2/c1-11(2)18-7-14-15(17)5-4-6-16(14)19-8-12(3)21-13(9-19)10-20/h4-6,11-13,18,20H,7-10H2,1-3H3. The first kappa shape index (κ1) is 16.2. The molecule has 1 aliphatic rings. The largest absolute Gasteiger partial charge is 0.394 e. The van der Waals surface area contributed by atoms with Gasteiger partial charge >= 0.3 is 0 Å². The molecule has 0 aromatic heterocycles. The van der Waals surface area contributed by atoms with Crippen molar-refractivity contribution in [2.24, 2.45) is 0 Å². The third kappa shape index (κ3) is 4.15. The van der Waals surface area contributed by atoms with Crippen LogP contribution in [0.4, 0.5) is 10.1 Å². The van der Waals surface area contributed by atoms with Crippen molar-refractivity contribution in [1.29, 1.82) is 0 Å². The Morgan fingerprint density at radius 2 is 2.19 bits per heavy atom. The van der Waals surface area contributed by atoms with Crippen molar-refractivity contribution in [2.45, 2.75) is 45.6 Å². The van der Waals surface area contributed by atoms with Crippen LogP contribution < -0.4 is 10.2 Å². The maximum atomic E-state index is 14.2. The van der Waals surface area contributed by atoms with Crippen LogP contribution in [0.15, 0.2) is 18.2 Å². The van der Waals surface area contributed by atoms with E-state index in [2.05, 4.69) is 10.2 Å². The molecule has 0 spiro atoms. The van der Waals surface area contributed by atoms with Crippen LogP contribution in [0.2, 0.25) is 0 Å². The highest BCUT2D eigenvalue weighted by Crippen LogP contribution is 2.26. The van der Waals surface area contributed by atoms with Gasteiger partial charge in [-0.1, -0.05) is 19.9 Å². The summed E-state index contributed by atoms with van der Waals surface area (Å²) in [5, 5.41) is 12.6. The molecule has 2 rings (SSSR count). The second kappa shape index (κ2) is 7.20. The number of halogens is 1. The summed E-state index contributed by atoms with van der Waals surface area (Å²) in [7, 11) is 0. The molecule has 0 radical (unpaired) electrons. The number of nitrogens with one attached hydrogen (secondary N) is 1. The van der Waals surface area contributed by atoms with Gasteiger partial charge in [0, 0.05) is 36.9 Å². The van der Waals surface area contributed by atoms with Crippen molar-refractivity contribution in [3.63, 3.8) is 0 Å². The first-order chi connectivity index (χ1) is 10.0. The van der Waals surface area contributed by atoms with E-state index in [4.69, 9.17) is 4.74 Å². The lowest BCUT2D eigenvalue weighted by Crippen LogP contribution is -2.48. The number of aliphatic hydroxyl groups excluding tert-OH is 1. The minimum atomic E-state index is -0.220.